The molecule has 1 rings (SSSR count). The maximum atomic E-state index is 11.4. The molecule has 0 N–H and O–H groups in total. The van der Waals surface area contributed by atoms with E-state index in [1.54, 1.807) is 18.2 Å². The van der Waals surface area contributed by atoms with Crippen molar-refractivity contribution in [2.75, 3.05) is 33.8 Å². The number of rotatable bonds is 6. The first-order valence-electron chi connectivity index (χ1n) is 6.19. The van der Waals surface area contributed by atoms with Crippen LogP contribution in [-0.4, -0.2) is 39.7 Å². The minimum absolute atomic E-state index is 0.176. The highest BCUT2D eigenvalue weighted by atomic mass is 32.4. The summed E-state index contributed by atoms with van der Waals surface area (Å²) in [5, 5.41) is 0. The van der Waals surface area contributed by atoms with Crippen LogP contribution >= 0.6 is 12.5 Å². The van der Waals surface area contributed by atoms with Crippen LogP contribution in [0.15, 0.2) is 18.2 Å². The van der Waals surface area contributed by atoms with Gasteiger partial charge in [0.25, 0.3) is 0 Å². The van der Waals surface area contributed by atoms with Crippen LogP contribution in [0.3, 0.4) is 0 Å². The van der Waals surface area contributed by atoms with Crippen LogP contribution in [0.5, 0.6) is 11.5 Å². The van der Waals surface area contributed by atoms with Crippen LogP contribution < -0.4 is 9.05 Å². The zero-order chi connectivity index (χ0) is 16.3. The molecule has 0 unspecified atom stereocenters. The number of carbonyl (C=O) groups is 1. The summed E-state index contributed by atoms with van der Waals surface area (Å²) in [6.07, 6.45) is -3.64. The van der Waals surface area contributed by atoms with Crippen molar-refractivity contribution in [2.24, 2.45) is 0 Å². The van der Waals surface area contributed by atoms with E-state index < -0.39 is 12.5 Å². The van der Waals surface area contributed by atoms with Crippen molar-refractivity contribution in [3.63, 3.8) is 0 Å². The zero-order valence-electron chi connectivity index (χ0n) is 12.8. The van der Waals surface area contributed by atoms with E-state index in [0.717, 1.165) is 5.56 Å². The summed E-state index contributed by atoms with van der Waals surface area (Å²) in [6.45, 7) is 7.55. The van der Waals surface area contributed by atoms with Crippen LogP contribution in [0.4, 0.5) is 0 Å². The molecular weight excluding hydrogens is 346 g/mol. The summed E-state index contributed by atoms with van der Waals surface area (Å²) < 4.78 is 16.3. The van der Waals surface area contributed by atoms with Gasteiger partial charge in [0.05, 0.1) is 13.5 Å². The van der Waals surface area contributed by atoms with Gasteiger partial charge in [-0.15, -0.1) is 0 Å². The lowest BCUT2D eigenvalue weighted by molar-refractivity contribution is -0.139. The van der Waals surface area contributed by atoms with Crippen molar-refractivity contribution in [1.82, 2.24) is 0 Å². The maximum absolute atomic E-state index is 11.4. The number of ether oxygens (including phenoxy) is 1. The third-order valence-electron chi connectivity index (χ3n) is 2.22. The monoisotopic (exact) mass is 366 g/mol. The van der Waals surface area contributed by atoms with E-state index in [9.17, 15) is 4.79 Å². The fraction of sp³-hybridized carbons (Fsp3) is 0.462. The Labute approximate surface area is 136 Å². The lowest BCUT2D eigenvalue weighted by Gasteiger charge is -2.21. The molecule has 21 heavy (non-hydrogen) atoms. The van der Waals surface area contributed by atoms with Gasteiger partial charge in [-0.1, -0.05) is 29.7 Å². The summed E-state index contributed by atoms with van der Waals surface area (Å²) in [5.41, 5.74) is 0.785. The topological polar surface area (TPSA) is 44.8 Å². The van der Waals surface area contributed by atoms with Crippen molar-refractivity contribution >= 4 is 42.1 Å². The number of hydrogen-bond acceptors (Lipinski definition) is 6. The number of carbonyl (C=O) groups excluding carboxylic acids is 1. The van der Waals surface area contributed by atoms with Crippen LogP contribution in [0.1, 0.15) is 5.56 Å². The highest BCUT2D eigenvalue weighted by Crippen LogP contribution is 2.48. The average Bonchev–Trinajstić information content (AvgIpc) is 2.28. The summed E-state index contributed by atoms with van der Waals surface area (Å²) in [6, 6.07) is 5.34. The van der Waals surface area contributed by atoms with E-state index in [0.29, 0.717) is 11.5 Å². The Morgan fingerprint density at radius 2 is 1.57 bits per heavy atom. The molecule has 0 aromatic heterocycles. The van der Waals surface area contributed by atoms with Gasteiger partial charge in [0, 0.05) is 0 Å². The van der Waals surface area contributed by atoms with Crippen LogP contribution in [0.2, 0.25) is 0 Å². The SMILES string of the molecule is COC(=O)Cc1ccc(OP(C)(C)=S)c(OP(C)(C)=S)c1. The molecule has 0 bridgehead atoms. The second-order valence-electron chi connectivity index (χ2n) is 5.22. The van der Waals surface area contributed by atoms with Crippen LogP contribution in [0, 0.1) is 0 Å². The van der Waals surface area contributed by atoms with Crippen molar-refractivity contribution < 1.29 is 18.6 Å². The fourth-order valence-electron chi connectivity index (χ4n) is 1.52. The molecule has 0 fully saturated rings. The van der Waals surface area contributed by atoms with E-state index in [1.807, 2.05) is 26.7 Å². The van der Waals surface area contributed by atoms with E-state index >= 15 is 0 Å². The Morgan fingerprint density at radius 3 is 2.05 bits per heavy atom. The molecule has 0 radical (unpaired) electrons. The lowest BCUT2D eigenvalue weighted by Crippen LogP contribution is -2.05. The number of benzene rings is 1. The summed E-state index contributed by atoms with van der Waals surface area (Å²) in [4.78, 5) is 11.4. The van der Waals surface area contributed by atoms with E-state index in [2.05, 4.69) is 4.74 Å². The van der Waals surface area contributed by atoms with Gasteiger partial charge in [-0.05, 0) is 44.4 Å². The molecule has 0 saturated heterocycles. The molecule has 0 heterocycles. The molecule has 0 aliphatic rings. The van der Waals surface area contributed by atoms with Crippen molar-refractivity contribution in [3.05, 3.63) is 23.8 Å². The normalized spacial score (nSPS) is 11.9. The van der Waals surface area contributed by atoms with E-state index in [4.69, 9.17) is 32.7 Å². The number of methoxy groups -OCH3 is 1. The van der Waals surface area contributed by atoms with Crippen molar-refractivity contribution in [1.29, 1.82) is 0 Å². The predicted molar refractivity (Wildman–Crippen MR) is 95.7 cm³/mol. The van der Waals surface area contributed by atoms with Gasteiger partial charge >= 0.3 is 5.97 Å². The largest absolute Gasteiger partial charge is 0.469 e. The molecule has 4 nitrogen and oxygen atoms in total. The van der Waals surface area contributed by atoms with Gasteiger partial charge in [0.1, 0.15) is 12.5 Å². The Hall–Kier alpha value is -0.410. The molecule has 8 heteroatoms. The molecule has 0 atom stereocenters. The first-order chi connectivity index (χ1) is 9.50. The third-order valence-corrected chi connectivity index (χ3v) is 3.94. The summed E-state index contributed by atoms with van der Waals surface area (Å²) in [5.74, 6) is 0.815. The van der Waals surface area contributed by atoms with E-state index in [-0.39, 0.29) is 12.4 Å². The Kier molecular flexibility index (Phi) is 6.42. The summed E-state index contributed by atoms with van der Waals surface area (Å²) in [7, 11) is 1.36. The first-order valence-corrected chi connectivity index (χ1v) is 13.4. The Bertz CT molecular complexity index is 619. The highest BCUT2D eigenvalue weighted by molar-refractivity contribution is 8.12. The second-order valence-corrected chi connectivity index (χ2v) is 15.9. The van der Waals surface area contributed by atoms with Gasteiger partial charge in [0.15, 0.2) is 11.5 Å². The van der Waals surface area contributed by atoms with Gasteiger partial charge in [-0.25, -0.2) is 0 Å². The highest BCUT2D eigenvalue weighted by Gasteiger charge is 2.16. The first kappa shape index (κ1) is 18.6. The van der Waals surface area contributed by atoms with Gasteiger partial charge < -0.3 is 13.8 Å². The molecule has 0 aliphatic heterocycles. The molecule has 0 spiro atoms. The Balaban J connectivity index is 3.16. The predicted octanol–water partition coefficient (Wildman–Crippen LogP) is 3.47. The lowest BCUT2D eigenvalue weighted by atomic mass is 10.1. The molecular formula is C13H20O4P2S2. The van der Waals surface area contributed by atoms with Crippen LogP contribution in [0.25, 0.3) is 0 Å². The smallest absolute Gasteiger partial charge is 0.309 e. The fourth-order valence-corrected chi connectivity index (χ4v) is 3.24. The minimum atomic E-state index is -1.93. The molecule has 118 valence electrons. The standard InChI is InChI=1S/C13H20O4P2S2/c1-15-13(14)9-10-6-7-11(16-18(2,3)20)12(8-10)17-19(4,5)21/h6-8H,9H2,1-5H3. The number of hydrogen-bond donors (Lipinski definition) is 0. The second kappa shape index (κ2) is 7.23. The average molecular weight is 366 g/mol. The summed E-state index contributed by atoms with van der Waals surface area (Å²) >= 11 is 10.7. The number of esters is 1. The zero-order valence-corrected chi connectivity index (χ0v) is 16.2. The van der Waals surface area contributed by atoms with Crippen LogP contribution in [-0.2, 0) is 39.6 Å². The minimum Gasteiger partial charge on any atom is -0.469 e. The van der Waals surface area contributed by atoms with Crippen molar-refractivity contribution in [3.8, 4) is 11.5 Å². The molecule has 1 aromatic carbocycles. The van der Waals surface area contributed by atoms with Gasteiger partial charge in [-0.3, -0.25) is 4.79 Å². The quantitative estimate of drug-likeness (QED) is 0.567. The molecule has 1 aromatic rings. The van der Waals surface area contributed by atoms with Gasteiger partial charge in [-0.2, -0.15) is 0 Å². The molecule has 0 amide bonds. The molecule has 0 saturated carbocycles. The molecule has 0 aliphatic carbocycles. The third kappa shape index (κ3) is 7.42. The van der Waals surface area contributed by atoms with Gasteiger partial charge in [0.2, 0.25) is 0 Å². The van der Waals surface area contributed by atoms with Crippen molar-refractivity contribution in [2.45, 2.75) is 6.42 Å². The van der Waals surface area contributed by atoms with E-state index in [1.165, 1.54) is 7.11 Å². The Morgan fingerprint density at radius 1 is 1.05 bits per heavy atom. The maximum Gasteiger partial charge on any atom is 0.309 e.